The summed E-state index contributed by atoms with van der Waals surface area (Å²) in [6.45, 7) is 10.7. The molecule has 0 saturated carbocycles. The maximum Gasteiger partial charge on any atom is 0.338 e. The fraction of sp³-hybridized carbons (Fsp3) is 0.389. The summed E-state index contributed by atoms with van der Waals surface area (Å²) in [6.07, 6.45) is 0. The van der Waals surface area contributed by atoms with Gasteiger partial charge in [-0.2, -0.15) is 0 Å². The molecule has 106 valence electrons. The Morgan fingerprint density at radius 1 is 1.15 bits per heavy atom. The number of carbonyl (C=O) groups is 1. The van der Waals surface area contributed by atoms with Gasteiger partial charge in [-0.05, 0) is 60.6 Å². The molecular formula is C18H22O2. The minimum atomic E-state index is -0.231. The summed E-state index contributed by atoms with van der Waals surface area (Å²) in [6, 6.07) is 8.39. The van der Waals surface area contributed by atoms with E-state index >= 15 is 0 Å². The van der Waals surface area contributed by atoms with Gasteiger partial charge in [-0.25, -0.2) is 4.79 Å². The number of rotatable bonds is 3. The molecule has 0 aromatic heterocycles. The zero-order chi connectivity index (χ0) is 14.9. The number of fused-ring (bicyclic) bond motifs is 1. The molecule has 2 rings (SSSR count). The molecule has 0 saturated heterocycles. The van der Waals surface area contributed by atoms with Crippen LogP contribution < -0.4 is 0 Å². The average molecular weight is 270 g/mol. The predicted octanol–water partition coefficient (Wildman–Crippen LogP) is 4.71. The van der Waals surface area contributed by atoms with Crippen LogP contribution in [0.15, 0.2) is 24.3 Å². The van der Waals surface area contributed by atoms with Gasteiger partial charge < -0.3 is 4.74 Å². The van der Waals surface area contributed by atoms with Crippen LogP contribution in [0, 0.1) is 13.8 Å². The van der Waals surface area contributed by atoms with Crippen molar-refractivity contribution in [2.75, 3.05) is 6.61 Å². The van der Waals surface area contributed by atoms with E-state index in [0.717, 1.165) is 22.3 Å². The zero-order valence-corrected chi connectivity index (χ0v) is 12.9. The van der Waals surface area contributed by atoms with E-state index in [0.29, 0.717) is 18.1 Å². The van der Waals surface area contributed by atoms with Gasteiger partial charge in [0.2, 0.25) is 0 Å². The van der Waals surface area contributed by atoms with E-state index in [1.165, 1.54) is 5.56 Å². The van der Waals surface area contributed by atoms with Crippen LogP contribution in [0.4, 0.5) is 0 Å². The van der Waals surface area contributed by atoms with Crippen molar-refractivity contribution >= 4 is 5.97 Å². The third-order valence-corrected chi connectivity index (χ3v) is 3.72. The Kier molecular flexibility index (Phi) is 4.12. The highest BCUT2D eigenvalue weighted by atomic mass is 16.5. The lowest BCUT2D eigenvalue weighted by Crippen LogP contribution is -2.04. The van der Waals surface area contributed by atoms with Gasteiger partial charge in [0.15, 0.2) is 0 Å². The molecule has 0 spiro atoms. The van der Waals surface area contributed by atoms with Gasteiger partial charge in [-0.15, -0.1) is 0 Å². The van der Waals surface area contributed by atoms with Gasteiger partial charge in [0.1, 0.15) is 0 Å². The smallest absolute Gasteiger partial charge is 0.338 e. The van der Waals surface area contributed by atoms with Crippen molar-refractivity contribution in [2.24, 2.45) is 0 Å². The van der Waals surface area contributed by atoms with E-state index in [1.54, 1.807) is 0 Å². The molecule has 0 unspecified atom stereocenters. The molecule has 2 aliphatic carbocycles. The molecule has 0 heterocycles. The Bertz CT molecular complexity index is 611. The van der Waals surface area contributed by atoms with Gasteiger partial charge in [-0.3, -0.25) is 0 Å². The lowest BCUT2D eigenvalue weighted by Gasteiger charge is -2.05. The summed E-state index contributed by atoms with van der Waals surface area (Å²) in [5, 5.41) is 0. The molecule has 2 heteroatoms. The number of ether oxygens (including phenoxy) is 1. The van der Waals surface area contributed by atoms with Crippen molar-refractivity contribution in [3.8, 4) is 11.1 Å². The van der Waals surface area contributed by atoms with Crippen molar-refractivity contribution in [3.05, 3.63) is 46.5 Å². The van der Waals surface area contributed by atoms with E-state index in [9.17, 15) is 4.79 Å². The van der Waals surface area contributed by atoms with E-state index in [1.807, 2.05) is 13.0 Å². The molecule has 0 aromatic carbocycles. The molecular weight excluding hydrogens is 248 g/mol. The lowest BCUT2D eigenvalue weighted by atomic mass is 10.0. The molecule has 0 N–H and O–H groups in total. The van der Waals surface area contributed by atoms with Crippen molar-refractivity contribution in [3.63, 3.8) is 0 Å². The molecule has 20 heavy (non-hydrogen) atoms. The number of hydrogen-bond donors (Lipinski definition) is 0. The van der Waals surface area contributed by atoms with Crippen molar-refractivity contribution in [2.45, 2.75) is 40.5 Å². The first-order valence-electron chi connectivity index (χ1n) is 7.16. The predicted molar refractivity (Wildman–Crippen MR) is 82.6 cm³/mol. The van der Waals surface area contributed by atoms with Gasteiger partial charge >= 0.3 is 5.97 Å². The molecule has 0 radical (unpaired) electrons. The minimum absolute atomic E-state index is 0.231. The lowest BCUT2D eigenvalue weighted by molar-refractivity contribution is 0.0527. The van der Waals surface area contributed by atoms with Crippen LogP contribution in [-0.4, -0.2) is 12.6 Å². The molecule has 0 bridgehead atoms. The topological polar surface area (TPSA) is 26.3 Å². The van der Waals surface area contributed by atoms with Gasteiger partial charge in [0, 0.05) is 0 Å². The van der Waals surface area contributed by atoms with E-state index in [-0.39, 0.29) is 5.97 Å². The number of esters is 1. The fourth-order valence-corrected chi connectivity index (χ4v) is 2.57. The summed E-state index contributed by atoms with van der Waals surface area (Å²) in [5.41, 5.74) is 6.38. The summed E-state index contributed by atoms with van der Waals surface area (Å²) < 4.78 is 5.17. The highest BCUT2D eigenvalue weighted by molar-refractivity contribution is 6.01. The first kappa shape index (κ1) is 14.6. The summed E-state index contributed by atoms with van der Waals surface area (Å²) in [5.74, 6) is 0.233. The van der Waals surface area contributed by atoms with Crippen LogP contribution in [0.5, 0.6) is 0 Å². The zero-order valence-electron chi connectivity index (χ0n) is 12.9. The SMILES string of the molecule is CCOC(=O)c1cc(C)c2cc(C(C)C)ccc(C)c1-2. The van der Waals surface area contributed by atoms with Crippen molar-refractivity contribution < 1.29 is 9.53 Å². The normalized spacial score (nSPS) is 11.1. The number of hydrogen-bond acceptors (Lipinski definition) is 2. The standard InChI is InChI=1S/C18H22O2/c1-6-20-18(19)16-9-13(5)15-10-14(11(2)3)8-7-12(4)17(15)16/h7-11H,6H2,1-5H3. The second kappa shape index (κ2) is 5.66. The quantitative estimate of drug-likeness (QED) is 0.755. The average Bonchev–Trinajstić information content (AvgIpc) is 2.60. The second-order valence-electron chi connectivity index (χ2n) is 5.57. The number of aryl methyl sites for hydroxylation is 2. The van der Waals surface area contributed by atoms with E-state index < -0.39 is 0 Å². The Morgan fingerprint density at radius 2 is 1.85 bits per heavy atom. The fourth-order valence-electron chi connectivity index (χ4n) is 2.57. The molecule has 0 aromatic rings. The summed E-state index contributed by atoms with van der Waals surface area (Å²) in [4.78, 5) is 12.1. The highest BCUT2D eigenvalue weighted by Gasteiger charge is 2.21. The van der Waals surface area contributed by atoms with Crippen LogP contribution in [-0.2, 0) is 4.74 Å². The van der Waals surface area contributed by atoms with Crippen LogP contribution in [0.2, 0.25) is 0 Å². The third kappa shape index (κ3) is 2.55. The largest absolute Gasteiger partial charge is 0.462 e. The van der Waals surface area contributed by atoms with E-state index in [2.05, 4.69) is 45.9 Å². The van der Waals surface area contributed by atoms with E-state index in [4.69, 9.17) is 4.74 Å². The molecule has 0 aliphatic heterocycles. The Balaban J connectivity index is 2.66. The van der Waals surface area contributed by atoms with Crippen LogP contribution in [0.1, 0.15) is 53.7 Å². The highest BCUT2D eigenvalue weighted by Crippen LogP contribution is 2.36. The summed E-state index contributed by atoms with van der Waals surface area (Å²) in [7, 11) is 0. The van der Waals surface area contributed by atoms with Gasteiger partial charge in [0.25, 0.3) is 0 Å². The minimum Gasteiger partial charge on any atom is -0.462 e. The van der Waals surface area contributed by atoms with Crippen molar-refractivity contribution in [1.29, 1.82) is 0 Å². The van der Waals surface area contributed by atoms with Crippen molar-refractivity contribution in [1.82, 2.24) is 0 Å². The molecule has 0 fully saturated rings. The molecule has 2 aliphatic rings. The maximum absolute atomic E-state index is 12.1. The second-order valence-corrected chi connectivity index (χ2v) is 5.57. The third-order valence-electron chi connectivity index (χ3n) is 3.72. The molecule has 2 nitrogen and oxygen atoms in total. The number of carbonyl (C=O) groups excluding carboxylic acids is 1. The van der Waals surface area contributed by atoms with Crippen LogP contribution in [0.25, 0.3) is 11.1 Å². The summed E-state index contributed by atoms with van der Waals surface area (Å²) >= 11 is 0. The maximum atomic E-state index is 12.1. The Labute approximate surface area is 121 Å². The Morgan fingerprint density at radius 3 is 2.45 bits per heavy atom. The first-order chi connectivity index (χ1) is 9.45. The van der Waals surface area contributed by atoms with Crippen LogP contribution in [0.3, 0.4) is 0 Å². The first-order valence-corrected chi connectivity index (χ1v) is 7.16. The van der Waals surface area contributed by atoms with Gasteiger partial charge in [0.05, 0.1) is 12.2 Å². The Hall–Kier alpha value is -1.83. The van der Waals surface area contributed by atoms with Crippen LogP contribution >= 0.6 is 0 Å². The van der Waals surface area contributed by atoms with Gasteiger partial charge in [-0.1, -0.05) is 32.0 Å². The molecule has 0 atom stereocenters. The molecule has 0 amide bonds. The monoisotopic (exact) mass is 270 g/mol.